The van der Waals surface area contributed by atoms with E-state index < -0.39 is 0 Å². The maximum atomic E-state index is 12.4. The molecule has 0 atom stereocenters. The molecule has 0 spiro atoms. The van der Waals surface area contributed by atoms with Crippen molar-refractivity contribution in [2.24, 2.45) is 0 Å². The first-order chi connectivity index (χ1) is 11.5. The monoisotopic (exact) mass is 324 g/mol. The Kier molecular flexibility index (Phi) is 5.73. The van der Waals surface area contributed by atoms with Crippen LogP contribution in [0.15, 0.2) is 60.3 Å². The first-order valence-corrected chi connectivity index (χ1v) is 7.45. The molecule has 24 heavy (non-hydrogen) atoms. The molecule has 2 rings (SSSR count). The van der Waals surface area contributed by atoms with Crippen LogP contribution < -0.4 is 10.1 Å². The Hall–Kier alpha value is -3.08. The average molecular weight is 324 g/mol. The zero-order valence-corrected chi connectivity index (χ0v) is 13.9. The van der Waals surface area contributed by atoms with Gasteiger partial charge in [-0.15, -0.1) is 0 Å². The highest BCUT2D eigenvalue weighted by Gasteiger charge is 2.16. The van der Waals surface area contributed by atoms with Gasteiger partial charge in [0.15, 0.2) is 0 Å². The predicted octanol–water partition coefficient (Wildman–Crippen LogP) is 2.55. The van der Waals surface area contributed by atoms with E-state index in [0.29, 0.717) is 5.56 Å². The minimum Gasteiger partial charge on any atom is -0.497 e. The lowest BCUT2D eigenvalue weighted by Crippen LogP contribution is -2.34. The van der Waals surface area contributed by atoms with Crippen LogP contribution in [0.1, 0.15) is 15.9 Å². The van der Waals surface area contributed by atoms with E-state index in [2.05, 4.69) is 5.32 Å². The summed E-state index contributed by atoms with van der Waals surface area (Å²) in [5.41, 5.74) is 1.48. The Balaban J connectivity index is 2.28. The fourth-order valence-electron chi connectivity index (χ4n) is 2.04. The molecule has 0 radical (unpaired) electrons. The fourth-order valence-corrected chi connectivity index (χ4v) is 2.04. The van der Waals surface area contributed by atoms with Crippen molar-refractivity contribution in [1.82, 2.24) is 10.2 Å². The van der Waals surface area contributed by atoms with Gasteiger partial charge in [-0.3, -0.25) is 9.59 Å². The van der Waals surface area contributed by atoms with E-state index in [1.807, 2.05) is 18.2 Å². The molecule has 2 amide bonds. The van der Waals surface area contributed by atoms with Crippen LogP contribution in [0.3, 0.4) is 0 Å². The van der Waals surface area contributed by atoms with Crippen LogP contribution in [0.4, 0.5) is 0 Å². The Bertz CT molecular complexity index is 735. The van der Waals surface area contributed by atoms with E-state index in [-0.39, 0.29) is 17.5 Å². The molecule has 0 aliphatic heterocycles. The van der Waals surface area contributed by atoms with Crippen molar-refractivity contribution in [2.75, 3.05) is 21.2 Å². The van der Waals surface area contributed by atoms with Gasteiger partial charge in [0.2, 0.25) is 0 Å². The van der Waals surface area contributed by atoms with E-state index >= 15 is 0 Å². The van der Waals surface area contributed by atoms with Crippen LogP contribution in [0.5, 0.6) is 5.75 Å². The molecule has 0 saturated heterocycles. The fraction of sp³-hybridized carbons (Fsp3) is 0.158. The quantitative estimate of drug-likeness (QED) is 0.860. The van der Waals surface area contributed by atoms with Crippen molar-refractivity contribution in [2.45, 2.75) is 0 Å². The number of nitrogens with one attached hydrogen (secondary N) is 1. The number of carbonyl (C=O) groups is 2. The highest BCUT2D eigenvalue weighted by molar-refractivity contribution is 6.05. The molecule has 5 heteroatoms. The second-order valence-corrected chi connectivity index (χ2v) is 5.35. The van der Waals surface area contributed by atoms with E-state index in [1.165, 1.54) is 4.90 Å². The van der Waals surface area contributed by atoms with Crippen LogP contribution in [0.25, 0.3) is 6.08 Å². The van der Waals surface area contributed by atoms with Crippen molar-refractivity contribution in [3.63, 3.8) is 0 Å². The summed E-state index contributed by atoms with van der Waals surface area (Å²) in [4.78, 5) is 26.1. The molecule has 0 bridgehead atoms. The third-order valence-corrected chi connectivity index (χ3v) is 3.35. The van der Waals surface area contributed by atoms with Gasteiger partial charge >= 0.3 is 0 Å². The first kappa shape index (κ1) is 17.3. The number of ether oxygens (including phenoxy) is 1. The van der Waals surface area contributed by atoms with Gasteiger partial charge in [0, 0.05) is 19.7 Å². The maximum Gasteiger partial charge on any atom is 0.269 e. The predicted molar refractivity (Wildman–Crippen MR) is 93.6 cm³/mol. The van der Waals surface area contributed by atoms with Gasteiger partial charge in [-0.1, -0.05) is 30.3 Å². The molecule has 2 aromatic rings. The summed E-state index contributed by atoms with van der Waals surface area (Å²) >= 11 is 0. The summed E-state index contributed by atoms with van der Waals surface area (Å²) in [6.07, 6.45) is 1.64. The molecule has 1 N–H and O–H groups in total. The summed E-state index contributed by atoms with van der Waals surface area (Å²) in [5.74, 6) is 0.113. The number of rotatable bonds is 5. The standard InChI is InChI=1S/C19H20N2O3/c1-21(2)19(23)17(13-14-9-11-16(24-3)12-10-14)20-18(22)15-7-5-4-6-8-15/h4-13H,1-3H3,(H,20,22)/b17-13+. The first-order valence-electron chi connectivity index (χ1n) is 7.45. The van der Waals surface area contributed by atoms with Crippen molar-refractivity contribution >= 4 is 17.9 Å². The molecular formula is C19H20N2O3. The number of methoxy groups -OCH3 is 1. The smallest absolute Gasteiger partial charge is 0.269 e. The minimum absolute atomic E-state index is 0.207. The topological polar surface area (TPSA) is 58.6 Å². The number of benzene rings is 2. The van der Waals surface area contributed by atoms with Crippen molar-refractivity contribution in [1.29, 1.82) is 0 Å². The van der Waals surface area contributed by atoms with Crippen molar-refractivity contribution in [3.8, 4) is 5.75 Å². The van der Waals surface area contributed by atoms with Gasteiger partial charge in [0.25, 0.3) is 11.8 Å². The van der Waals surface area contributed by atoms with Crippen LogP contribution in [-0.2, 0) is 4.79 Å². The Morgan fingerprint density at radius 2 is 1.62 bits per heavy atom. The zero-order valence-electron chi connectivity index (χ0n) is 13.9. The summed E-state index contributed by atoms with van der Waals surface area (Å²) < 4.78 is 5.12. The van der Waals surface area contributed by atoms with E-state index in [0.717, 1.165) is 11.3 Å². The highest BCUT2D eigenvalue weighted by atomic mass is 16.5. The van der Waals surface area contributed by atoms with Gasteiger partial charge in [-0.05, 0) is 35.9 Å². The lowest BCUT2D eigenvalue weighted by Gasteiger charge is -2.15. The molecule has 0 fully saturated rings. The van der Waals surface area contributed by atoms with Crippen molar-refractivity contribution in [3.05, 3.63) is 71.4 Å². The number of carbonyl (C=O) groups excluding carboxylic acids is 2. The third-order valence-electron chi connectivity index (χ3n) is 3.35. The van der Waals surface area contributed by atoms with Gasteiger partial charge in [-0.2, -0.15) is 0 Å². The molecular weight excluding hydrogens is 304 g/mol. The zero-order chi connectivity index (χ0) is 17.5. The van der Waals surface area contributed by atoms with Gasteiger partial charge < -0.3 is 15.0 Å². The second kappa shape index (κ2) is 7.97. The minimum atomic E-state index is -0.328. The summed E-state index contributed by atoms with van der Waals surface area (Å²) in [6.45, 7) is 0. The van der Waals surface area contributed by atoms with Gasteiger partial charge in [0.05, 0.1) is 7.11 Å². The van der Waals surface area contributed by atoms with Gasteiger partial charge in [0.1, 0.15) is 11.4 Å². The van der Waals surface area contributed by atoms with E-state index in [4.69, 9.17) is 4.74 Å². The van der Waals surface area contributed by atoms with Crippen molar-refractivity contribution < 1.29 is 14.3 Å². The SMILES string of the molecule is COc1ccc(/C=C(/NC(=O)c2ccccc2)C(=O)N(C)C)cc1. The highest BCUT2D eigenvalue weighted by Crippen LogP contribution is 2.14. The van der Waals surface area contributed by atoms with E-state index in [9.17, 15) is 9.59 Å². The average Bonchev–Trinajstić information content (AvgIpc) is 2.61. The molecule has 0 aliphatic carbocycles. The van der Waals surface area contributed by atoms with Crippen LogP contribution in [-0.4, -0.2) is 37.9 Å². The van der Waals surface area contributed by atoms with Gasteiger partial charge in [-0.25, -0.2) is 0 Å². The molecule has 5 nitrogen and oxygen atoms in total. The Labute approximate surface area is 141 Å². The molecule has 0 saturated carbocycles. The molecule has 0 unspecified atom stereocenters. The van der Waals surface area contributed by atoms with Crippen LogP contribution in [0, 0.1) is 0 Å². The summed E-state index contributed by atoms with van der Waals surface area (Å²) in [7, 11) is 4.86. The van der Waals surface area contributed by atoms with E-state index in [1.54, 1.807) is 63.7 Å². The normalized spacial score (nSPS) is 10.9. The summed E-state index contributed by atoms with van der Waals surface area (Å²) in [6, 6.07) is 16.0. The number of amides is 2. The molecule has 0 heterocycles. The van der Waals surface area contributed by atoms with Crippen LogP contribution >= 0.6 is 0 Å². The number of hydrogen-bond donors (Lipinski definition) is 1. The van der Waals surface area contributed by atoms with Crippen LogP contribution in [0.2, 0.25) is 0 Å². The molecule has 0 aromatic heterocycles. The summed E-state index contributed by atoms with van der Waals surface area (Å²) in [5, 5.41) is 2.69. The Morgan fingerprint density at radius 1 is 1.00 bits per heavy atom. The second-order valence-electron chi connectivity index (χ2n) is 5.35. The number of likely N-dealkylation sites (N-methyl/N-ethyl adjacent to an activating group) is 1. The number of hydrogen-bond acceptors (Lipinski definition) is 3. The lowest BCUT2D eigenvalue weighted by molar-refractivity contribution is -0.124. The Morgan fingerprint density at radius 3 is 2.17 bits per heavy atom. The molecule has 0 aliphatic rings. The molecule has 2 aromatic carbocycles. The largest absolute Gasteiger partial charge is 0.497 e. The lowest BCUT2D eigenvalue weighted by atomic mass is 10.1. The maximum absolute atomic E-state index is 12.4. The number of nitrogens with zero attached hydrogens (tertiary/aromatic N) is 1. The third kappa shape index (κ3) is 4.46. The molecule has 124 valence electrons.